The number of amides is 1. The van der Waals surface area contributed by atoms with Gasteiger partial charge in [0.2, 0.25) is 5.91 Å². The second-order valence-electron chi connectivity index (χ2n) is 5.54. The lowest BCUT2D eigenvalue weighted by Gasteiger charge is -2.27. The van der Waals surface area contributed by atoms with Crippen LogP contribution in [0.3, 0.4) is 0 Å². The monoisotopic (exact) mass is 259 g/mol. The summed E-state index contributed by atoms with van der Waals surface area (Å²) in [5.74, 6) is 0.206. The van der Waals surface area contributed by atoms with E-state index in [1.165, 1.54) is 11.1 Å². The van der Waals surface area contributed by atoms with Crippen LogP contribution in [0.2, 0.25) is 0 Å². The maximum Gasteiger partial charge on any atom is 0.234 e. The lowest BCUT2D eigenvalue weighted by Crippen LogP contribution is -2.42. The maximum atomic E-state index is 12.0. The van der Waals surface area contributed by atoms with Crippen LogP contribution in [-0.4, -0.2) is 44.0 Å². The van der Waals surface area contributed by atoms with Crippen molar-refractivity contribution >= 4 is 11.6 Å². The van der Waals surface area contributed by atoms with E-state index in [0.717, 1.165) is 38.4 Å². The van der Waals surface area contributed by atoms with Crippen molar-refractivity contribution < 1.29 is 4.79 Å². The number of rotatable bonds is 2. The molecule has 1 N–H and O–H groups in total. The van der Waals surface area contributed by atoms with E-state index in [1.807, 2.05) is 14.0 Å². The minimum absolute atomic E-state index is 0.00275. The molecule has 1 unspecified atom stereocenters. The first-order chi connectivity index (χ1) is 9.16. The summed E-state index contributed by atoms with van der Waals surface area (Å²) in [6, 6.07) is 6.46. The first-order valence-corrected chi connectivity index (χ1v) is 7.00. The highest BCUT2D eigenvalue weighted by atomic mass is 16.2. The Balaban J connectivity index is 1.80. The normalized spacial score (nSPS) is 23.8. The Bertz CT molecular complexity index is 494. The van der Waals surface area contributed by atoms with Gasteiger partial charge in [0, 0.05) is 45.5 Å². The van der Waals surface area contributed by atoms with E-state index < -0.39 is 0 Å². The van der Waals surface area contributed by atoms with Gasteiger partial charge in [-0.2, -0.15) is 0 Å². The molecule has 102 valence electrons. The zero-order chi connectivity index (χ0) is 13.4. The molecule has 2 aliphatic heterocycles. The zero-order valence-electron chi connectivity index (χ0n) is 11.6. The molecule has 0 aliphatic carbocycles. The highest BCUT2D eigenvalue weighted by Crippen LogP contribution is 2.36. The highest BCUT2D eigenvalue weighted by Gasteiger charge is 2.31. The van der Waals surface area contributed by atoms with Gasteiger partial charge in [0.1, 0.15) is 0 Å². The molecule has 0 spiro atoms. The summed E-state index contributed by atoms with van der Waals surface area (Å²) in [7, 11) is 1.86. The van der Waals surface area contributed by atoms with Gasteiger partial charge in [-0.05, 0) is 24.1 Å². The van der Waals surface area contributed by atoms with E-state index in [1.54, 1.807) is 4.90 Å². The van der Waals surface area contributed by atoms with Crippen LogP contribution in [0.4, 0.5) is 5.69 Å². The van der Waals surface area contributed by atoms with Crippen molar-refractivity contribution in [3.63, 3.8) is 0 Å². The molecule has 1 aromatic carbocycles. The van der Waals surface area contributed by atoms with E-state index in [0.29, 0.717) is 0 Å². The Kier molecular flexibility index (Phi) is 3.29. The molecule has 1 fully saturated rings. The number of hydrogen-bond donors (Lipinski definition) is 1. The van der Waals surface area contributed by atoms with Crippen molar-refractivity contribution in [1.82, 2.24) is 10.2 Å². The molecule has 0 aromatic heterocycles. The molecule has 4 nitrogen and oxygen atoms in total. The maximum absolute atomic E-state index is 12.0. The highest BCUT2D eigenvalue weighted by molar-refractivity contribution is 6.04. The third kappa shape index (κ3) is 2.26. The largest absolute Gasteiger partial charge is 0.315 e. The summed E-state index contributed by atoms with van der Waals surface area (Å²) < 4.78 is 0. The lowest BCUT2D eigenvalue weighted by molar-refractivity contribution is -0.118. The molecule has 1 atom stereocenters. The lowest BCUT2D eigenvalue weighted by atomic mass is 10.0. The van der Waals surface area contributed by atoms with Crippen LogP contribution < -0.4 is 10.2 Å². The number of nitrogens with one attached hydrogen (secondary N) is 1. The van der Waals surface area contributed by atoms with E-state index in [-0.39, 0.29) is 11.8 Å². The molecule has 1 aromatic rings. The van der Waals surface area contributed by atoms with Crippen molar-refractivity contribution in [2.45, 2.75) is 19.4 Å². The molecule has 0 saturated carbocycles. The van der Waals surface area contributed by atoms with Crippen LogP contribution in [0.15, 0.2) is 18.2 Å². The topological polar surface area (TPSA) is 35.6 Å². The molecule has 0 bridgehead atoms. The third-order valence-electron chi connectivity index (χ3n) is 4.24. The number of benzene rings is 1. The third-order valence-corrected chi connectivity index (χ3v) is 4.24. The van der Waals surface area contributed by atoms with Crippen LogP contribution in [0, 0.1) is 0 Å². The van der Waals surface area contributed by atoms with E-state index >= 15 is 0 Å². The SMILES string of the molecule is CC1C(=O)N(C)c2ccc(CN3CCNCC3)cc21. The van der Waals surface area contributed by atoms with Crippen LogP contribution in [0.5, 0.6) is 0 Å². The first-order valence-electron chi connectivity index (χ1n) is 7.00. The second-order valence-corrected chi connectivity index (χ2v) is 5.54. The van der Waals surface area contributed by atoms with Crippen molar-refractivity contribution in [2.24, 2.45) is 0 Å². The number of hydrogen-bond acceptors (Lipinski definition) is 3. The molecular weight excluding hydrogens is 238 g/mol. The Morgan fingerprint density at radius 2 is 2.05 bits per heavy atom. The Hall–Kier alpha value is -1.39. The molecule has 1 saturated heterocycles. The van der Waals surface area contributed by atoms with Crippen LogP contribution in [0.1, 0.15) is 24.0 Å². The molecule has 4 heteroatoms. The smallest absolute Gasteiger partial charge is 0.234 e. The summed E-state index contributed by atoms with van der Waals surface area (Å²) in [6.45, 7) is 7.33. The molecule has 1 amide bonds. The quantitative estimate of drug-likeness (QED) is 0.866. The number of likely N-dealkylation sites (N-methyl/N-ethyl adjacent to an activating group) is 1. The van der Waals surface area contributed by atoms with Crippen molar-refractivity contribution in [1.29, 1.82) is 0 Å². The summed E-state index contributed by atoms with van der Waals surface area (Å²) in [5, 5.41) is 3.37. The van der Waals surface area contributed by atoms with Gasteiger partial charge in [0.05, 0.1) is 5.92 Å². The van der Waals surface area contributed by atoms with Crippen LogP contribution in [0.25, 0.3) is 0 Å². The number of anilines is 1. The number of piperazine rings is 1. The minimum Gasteiger partial charge on any atom is -0.315 e. The van der Waals surface area contributed by atoms with Gasteiger partial charge in [-0.15, -0.1) is 0 Å². The fourth-order valence-corrected chi connectivity index (χ4v) is 3.02. The van der Waals surface area contributed by atoms with Gasteiger partial charge in [-0.3, -0.25) is 9.69 Å². The predicted octanol–water partition coefficient (Wildman–Crippen LogP) is 1.17. The molecule has 19 heavy (non-hydrogen) atoms. The summed E-state index contributed by atoms with van der Waals surface area (Å²) >= 11 is 0. The number of nitrogens with zero attached hydrogens (tertiary/aromatic N) is 2. The van der Waals surface area contributed by atoms with Gasteiger partial charge in [0.25, 0.3) is 0 Å². The predicted molar refractivity (Wildman–Crippen MR) is 76.4 cm³/mol. The Labute approximate surface area is 114 Å². The van der Waals surface area contributed by atoms with Gasteiger partial charge in [-0.1, -0.05) is 12.1 Å². The van der Waals surface area contributed by atoms with Crippen molar-refractivity contribution in [2.75, 3.05) is 38.1 Å². The Morgan fingerprint density at radius 3 is 2.79 bits per heavy atom. The van der Waals surface area contributed by atoms with E-state index in [9.17, 15) is 4.79 Å². The molecule has 3 rings (SSSR count). The molecule has 2 heterocycles. The number of fused-ring (bicyclic) bond motifs is 1. The summed E-state index contributed by atoms with van der Waals surface area (Å²) in [5.41, 5.74) is 3.57. The summed E-state index contributed by atoms with van der Waals surface area (Å²) in [6.07, 6.45) is 0. The number of carbonyl (C=O) groups is 1. The van der Waals surface area contributed by atoms with Gasteiger partial charge in [-0.25, -0.2) is 0 Å². The minimum atomic E-state index is 0.00275. The van der Waals surface area contributed by atoms with Crippen molar-refractivity contribution in [3.05, 3.63) is 29.3 Å². The average molecular weight is 259 g/mol. The fourth-order valence-electron chi connectivity index (χ4n) is 3.02. The summed E-state index contributed by atoms with van der Waals surface area (Å²) in [4.78, 5) is 16.2. The van der Waals surface area contributed by atoms with E-state index in [2.05, 4.69) is 28.4 Å². The van der Waals surface area contributed by atoms with Crippen LogP contribution in [-0.2, 0) is 11.3 Å². The first kappa shape index (κ1) is 12.6. The fraction of sp³-hybridized carbons (Fsp3) is 0.533. The molecule has 0 radical (unpaired) electrons. The van der Waals surface area contributed by atoms with E-state index in [4.69, 9.17) is 0 Å². The second kappa shape index (κ2) is 4.94. The van der Waals surface area contributed by atoms with Gasteiger partial charge >= 0.3 is 0 Å². The van der Waals surface area contributed by atoms with Crippen molar-refractivity contribution in [3.8, 4) is 0 Å². The molecule has 2 aliphatic rings. The van der Waals surface area contributed by atoms with Gasteiger partial charge < -0.3 is 10.2 Å². The Morgan fingerprint density at radius 1 is 1.32 bits per heavy atom. The molecular formula is C15H21N3O. The zero-order valence-corrected chi connectivity index (χ0v) is 11.6. The van der Waals surface area contributed by atoms with Gasteiger partial charge in [0.15, 0.2) is 0 Å². The van der Waals surface area contributed by atoms with Crippen LogP contribution >= 0.6 is 0 Å². The average Bonchev–Trinajstić information content (AvgIpc) is 2.65. The standard InChI is InChI=1S/C15H21N3O/c1-11-13-9-12(10-18-7-5-16-6-8-18)3-4-14(13)17(2)15(11)19/h3-4,9,11,16H,5-8,10H2,1-2H3. The number of carbonyl (C=O) groups excluding carboxylic acids is 1.